The SMILES string of the molecule is Cn1[c](=[Pt])n(-c2cccc(B(c3cccc(C(F)(F)c4ccccn4)c3)c3c(-c4ccccc4)cccc3-c3ccccc3)c2)c2ccccc21. The van der Waals surface area contributed by atoms with Gasteiger partial charge in [-0.05, 0) is 6.07 Å². The predicted octanol–water partition coefficient (Wildman–Crippen LogP) is 8.43. The zero-order valence-electron chi connectivity index (χ0n) is 27.7. The molecular formula is C44H32BF2N3Pt. The third-order valence-corrected chi connectivity index (χ3v) is 10.8. The number of fused-ring (bicyclic) bond motifs is 1. The summed E-state index contributed by atoms with van der Waals surface area (Å²) in [4.78, 5) is 4.05. The van der Waals surface area contributed by atoms with E-state index in [1.807, 2.05) is 42.5 Å². The average Bonchev–Trinajstić information content (AvgIpc) is 3.45. The Balaban J connectivity index is 1.42. The van der Waals surface area contributed by atoms with Crippen molar-refractivity contribution in [1.29, 1.82) is 0 Å². The Morgan fingerprint density at radius 2 is 1.16 bits per heavy atom. The molecule has 0 N–H and O–H groups in total. The molecule has 0 atom stereocenters. The van der Waals surface area contributed by atoms with Crippen LogP contribution in [-0.2, 0) is 32.3 Å². The zero-order chi connectivity index (χ0) is 35.0. The second-order valence-electron chi connectivity index (χ2n) is 12.6. The Bertz CT molecular complexity index is 2490. The summed E-state index contributed by atoms with van der Waals surface area (Å²) in [6, 6.07) is 55.4. The number of hydrogen-bond donors (Lipinski definition) is 0. The third-order valence-electron chi connectivity index (χ3n) is 9.51. The van der Waals surface area contributed by atoms with Crippen molar-refractivity contribution >= 4 is 34.1 Å². The molecule has 8 rings (SSSR count). The first kappa shape index (κ1) is 32.7. The van der Waals surface area contributed by atoms with Crippen LogP contribution in [0.1, 0.15) is 11.3 Å². The first-order valence-electron chi connectivity index (χ1n) is 16.8. The number of aromatic nitrogens is 3. The van der Waals surface area contributed by atoms with Crippen LogP contribution in [0.3, 0.4) is 0 Å². The van der Waals surface area contributed by atoms with E-state index in [9.17, 15) is 0 Å². The molecule has 0 aliphatic carbocycles. The van der Waals surface area contributed by atoms with Gasteiger partial charge in [-0.1, -0.05) is 6.07 Å². The summed E-state index contributed by atoms with van der Waals surface area (Å²) in [6.45, 7) is -0.413. The van der Waals surface area contributed by atoms with E-state index in [4.69, 9.17) is 0 Å². The molecule has 3 nitrogen and oxygen atoms in total. The average molecular weight is 847 g/mol. The summed E-state index contributed by atoms with van der Waals surface area (Å²) in [7, 11) is 2.07. The molecule has 0 bridgehead atoms. The van der Waals surface area contributed by atoms with Gasteiger partial charge in [-0.15, -0.1) is 0 Å². The molecule has 2 aromatic heterocycles. The minimum absolute atomic E-state index is 0.101. The van der Waals surface area contributed by atoms with Crippen molar-refractivity contribution in [2.75, 3.05) is 0 Å². The van der Waals surface area contributed by atoms with Crippen LogP contribution in [0.5, 0.6) is 0 Å². The second-order valence-corrected chi connectivity index (χ2v) is 13.6. The van der Waals surface area contributed by atoms with Gasteiger partial charge in [-0.25, -0.2) is 0 Å². The van der Waals surface area contributed by atoms with Crippen molar-refractivity contribution in [3.8, 4) is 27.9 Å². The standard InChI is InChI=1S/C44H32BF2N3.Pt/c1-49-31-50(41-26-9-8-25-40(41)49)37-22-13-21-36(30-37)45(35-20-12-19-34(29-35)44(46,47)42-27-10-11-28-48-42)43-38(32-15-4-2-5-16-32)23-14-24-39(43)33-17-6-3-7-18-33;/h2-30H,1H3;. The van der Waals surface area contributed by atoms with Crippen LogP contribution in [0.2, 0.25) is 0 Å². The third kappa shape index (κ3) is 6.04. The van der Waals surface area contributed by atoms with Crippen LogP contribution in [-0.4, -0.2) is 20.8 Å². The molecule has 6 aromatic carbocycles. The number of benzene rings is 6. The van der Waals surface area contributed by atoms with Crippen LogP contribution in [0, 0.1) is 3.80 Å². The van der Waals surface area contributed by atoms with Crippen molar-refractivity contribution in [2.45, 2.75) is 5.92 Å². The summed E-state index contributed by atoms with van der Waals surface area (Å²) in [5.41, 5.74) is 9.81. The molecule has 0 saturated heterocycles. The van der Waals surface area contributed by atoms with Crippen LogP contribution in [0.25, 0.3) is 39.0 Å². The quantitative estimate of drug-likeness (QED) is 0.141. The maximum absolute atomic E-state index is 16.2. The fraction of sp³-hybridized carbons (Fsp3) is 0.0455. The second kappa shape index (κ2) is 13.7. The first-order valence-corrected chi connectivity index (χ1v) is 17.9. The van der Waals surface area contributed by atoms with E-state index in [0.29, 0.717) is 0 Å². The fourth-order valence-corrected chi connectivity index (χ4v) is 7.94. The van der Waals surface area contributed by atoms with Gasteiger partial charge in [0.15, 0.2) is 0 Å². The Morgan fingerprint density at radius 3 is 1.80 bits per heavy atom. The van der Waals surface area contributed by atoms with Gasteiger partial charge >= 0.3 is 290 Å². The Hall–Kier alpha value is -5.45. The van der Waals surface area contributed by atoms with E-state index in [1.54, 1.807) is 24.3 Å². The van der Waals surface area contributed by atoms with Gasteiger partial charge in [0.2, 0.25) is 0 Å². The van der Waals surface area contributed by atoms with E-state index in [2.05, 4.69) is 132 Å². The first-order chi connectivity index (χ1) is 24.9. The fourth-order valence-electron chi connectivity index (χ4n) is 7.10. The molecule has 7 heteroatoms. The number of rotatable bonds is 8. The number of aryl methyl sites for hydroxylation is 1. The monoisotopic (exact) mass is 846 g/mol. The van der Waals surface area contributed by atoms with Gasteiger partial charge in [0, 0.05) is 6.20 Å². The van der Waals surface area contributed by atoms with E-state index in [1.165, 1.54) is 18.3 Å². The molecule has 0 spiro atoms. The molecule has 8 aromatic rings. The summed E-state index contributed by atoms with van der Waals surface area (Å²) in [5, 5.41) is 0. The van der Waals surface area contributed by atoms with Crippen LogP contribution >= 0.6 is 0 Å². The van der Waals surface area contributed by atoms with E-state index in [-0.39, 0.29) is 11.3 Å². The molecule has 0 unspecified atom stereocenters. The van der Waals surface area contributed by atoms with Gasteiger partial charge in [-0.3, -0.25) is 0 Å². The molecule has 0 fully saturated rings. The van der Waals surface area contributed by atoms with Gasteiger partial charge in [0.1, 0.15) is 0 Å². The van der Waals surface area contributed by atoms with Crippen LogP contribution in [0.15, 0.2) is 176 Å². The Labute approximate surface area is 307 Å². The molecule has 250 valence electrons. The minimum atomic E-state index is -3.29. The number of para-hydroxylation sites is 2. The molecule has 51 heavy (non-hydrogen) atoms. The van der Waals surface area contributed by atoms with Crippen molar-refractivity contribution in [3.05, 3.63) is 191 Å². The topological polar surface area (TPSA) is 22.8 Å². The number of hydrogen-bond acceptors (Lipinski definition) is 1. The molecule has 0 amide bonds. The molecule has 0 saturated carbocycles. The Kier molecular flexibility index (Phi) is 8.79. The number of pyridine rings is 1. The van der Waals surface area contributed by atoms with Crippen molar-refractivity contribution in [2.24, 2.45) is 7.05 Å². The predicted molar refractivity (Wildman–Crippen MR) is 201 cm³/mol. The summed E-state index contributed by atoms with van der Waals surface area (Å²) in [5.74, 6) is -3.29. The van der Waals surface area contributed by atoms with Gasteiger partial charge < -0.3 is 0 Å². The molecular weight excluding hydrogens is 814 g/mol. The van der Waals surface area contributed by atoms with E-state index >= 15 is 8.78 Å². The number of nitrogens with zero attached hydrogens (tertiary/aromatic N) is 3. The maximum atomic E-state index is 16.2. The summed E-state index contributed by atoms with van der Waals surface area (Å²) in [6.07, 6.45) is 1.41. The number of halogens is 2. The van der Waals surface area contributed by atoms with Crippen LogP contribution in [0.4, 0.5) is 8.78 Å². The van der Waals surface area contributed by atoms with Gasteiger partial charge in [0.05, 0.1) is 0 Å². The number of imidazole rings is 1. The summed E-state index contributed by atoms with van der Waals surface area (Å²) >= 11 is 2.37. The van der Waals surface area contributed by atoms with Crippen molar-refractivity contribution in [3.63, 3.8) is 0 Å². The van der Waals surface area contributed by atoms with E-state index in [0.717, 1.165) is 59.2 Å². The van der Waals surface area contributed by atoms with Crippen LogP contribution < -0.4 is 16.4 Å². The van der Waals surface area contributed by atoms with Gasteiger partial charge in [-0.2, -0.15) is 0 Å². The van der Waals surface area contributed by atoms with E-state index < -0.39 is 12.6 Å². The number of alkyl halides is 2. The Morgan fingerprint density at radius 1 is 0.588 bits per heavy atom. The van der Waals surface area contributed by atoms with Crippen molar-refractivity contribution < 1.29 is 28.1 Å². The zero-order valence-corrected chi connectivity index (χ0v) is 30.0. The van der Waals surface area contributed by atoms with Crippen molar-refractivity contribution in [1.82, 2.24) is 14.1 Å². The summed E-state index contributed by atoms with van der Waals surface area (Å²) < 4.78 is 38.0. The molecule has 2 heterocycles. The van der Waals surface area contributed by atoms with Gasteiger partial charge in [0.25, 0.3) is 0 Å². The molecule has 0 aliphatic rings. The normalized spacial score (nSPS) is 11.5. The molecule has 0 aliphatic heterocycles. The molecule has 0 radical (unpaired) electrons.